The Labute approximate surface area is 301 Å². The van der Waals surface area contributed by atoms with Crippen molar-refractivity contribution in [1.82, 2.24) is 15.0 Å². The van der Waals surface area contributed by atoms with Crippen molar-refractivity contribution in [2.24, 2.45) is 0 Å². The van der Waals surface area contributed by atoms with Crippen LogP contribution in [0.5, 0.6) is 0 Å². The van der Waals surface area contributed by atoms with E-state index in [1.54, 1.807) is 0 Å². The molecule has 0 spiro atoms. The highest BCUT2D eigenvalue weighted by molar-refractivity contribution is 6.15. The second-order valence-corrected chi connectivity index (χ2v) is 15.7. The Bertz CT molecular complexity index is 2530. The number of rotatable bonds is 5. The first-order valence-corrected chi connectivity index (χ1v) is 17.8. The topological polar surface area (TPSA) is 41.6 Å². The monoisotopic (exact) mass is 661 g/mol. The maximum absolute atomic E-state index is 5.34. The Hall–Kier alpha value is -5.80. The summed E-state index contributed by atoms with van der Waals surface area (Å²) in [5.74, 6) is 0. The van der Waals surface area contributed by atoms with Crippen molar-refractivity contribution in [3.63, 3.8) is 0 Å². The molecule has 0 aliphatic rings. The van der Waals surface area contributed by atoms with Crippen LogP contribution in [0.1, 0.15) is 52.7 Å². The number of benzene rings is 5. The minimum Gasteiger partial charge on any atom is -0.353 e. The molecule has 3 nitrogen and oxygen atoms in total. The Balaban J connectivity index is 1.36. The zero-order valence-electron chi connectivity index (χ0n) is 30.3. The van der Waals surface area contributed by atoms with Crippen molar-refractivity contribution < 1.29 is 0 Å². The number of aromatic amines is 1. The molecule has 3 aromatic heterocycles. The Morgan fingerprint density at radius 1 is 0.412 bits per heavy atom. The molecule has 1 N–H and O–H groups in total. The molecule has 0 unspecified atom stereocenters. The largest absolute Gasteiger partial charge is 0.353 e. The molecular formula is C48H43N3. The molecule has 0 radical (unpaired) electrons. The summed E-state index contributed by atoms with van der Waals surface area (Å²) in [6, 6.07) is 49.9. The molecule has 51 heavy (non-hydrogen) atoms. The van der Waals surface area contributed by atoms with E-state index in [0.717, 1.165) is 50.4 Å². The average Bonchev–Trinajstić information content (AvgIpc) is 3.53. The first-order chi connectivity index (χ1) is 24.5. The van der Waals surface area contributed by atoms with Gasteiger partial charge in [0.2, 0.25) is 0 Å². The summed E-state index contributed by atoms with van der Waals surface area (Å²) >= 11 is 0. The quantitative estimate of drug-likeness (QED) is 0.199. The second-order valence-electron chi connectivity index (χ2n) is 15.7. The third-order valence-corrected chi connectivity index (χ3v) is 9.98. The number of aromatic nitrogens is 3. The minimum atomic E-state index is -0.0653. The van der Waals surface area contributed by atoms with Crippen LogP contribution in [0.4, 0.5) is 0 Å². The highest BCUT2D eigenvalue weighted by Crippen LogP contribution is 2.42. The highest BCUT2D eigenvalue weighted by Gasteiger charge is 2.24. The van der Waals surface area contributed by atoms with Gasteiger partial charge in [0.15, 0.2) is 0 Å². The number of nitrogens with zero attached hydrogens (tertiary/aromatic N) is 2. The summed E-state index contributed by atoms with van der Waals surface area (Å²) in [6.07, 6.45) is 1.93. The summed E-state index contributed by atoms with van der Waals surface area (Å²) in [5, 5.41) is 2.41. The Morgan fingerprint density at radius 2 is 0.902 bits per heavy atom. The van der Waals surface area contributed by atoms with E-state index in [1.807, 2.05) is 6.20 Å². The molecule has 0 saturated heterocycles. The smallest absolute Gasteiger partial charge is 0.0730 e. The zero-order valence-corrected chi connectivity index (χ0v) is 30.3. The third kappa shape index (κ3) is 6.25. The molecule has 8 aromatic rings. The number of pyridine rings is 2. The van der Waals surface area contributed by atoms with Crippen molar-refractivity contribution >= 4 is 21.8 Å². The molecule has 0 fully saturated rings. The van der Waals surface area contributed by atoms with E-state index in [2.05, 4.69) is 186 Å². The predicted molar refractivity (Wildman–Crippen MR) is 216 cm³/mol. The number of fused-ring (bicyclic) bond motifs is 3. The first kappa shape index (κ1) is 32.4. The van der Waals surface area contributed by atoms with E-state index in [1.165, 1.54) is 38.6 Å². The number of hydrogen-bond donors (Lipinski definition) is 1. The minimum absolute atomic E-state index is 0.0573. The number of H-pyrrole nitrogens is 1. The molecule has 3 heterocycles. The van der Waals surface area contributed by atoms with Gasteiger partial charge in [-0.3, -0.25) is 4.98 Å². The van der Waals surface area contributed by atoms with Crippen LogP contribution in [0, 0.1) is 0 Å². The lowest BCUT2D eigenvalue weighted by Crippen LogP contribution is -2.11. The number of nitrogens with one attached hydrogen (secondary N) is 1. The van der Waals surface area contributed by atoms with Crippen LogP contribution in [0.15, 0.2) is 146 Å². The molecule has 0 atom stereocenters. The van der Waals surface area contributed by atoms with Gasteiger partial charge < -0.3 is 4.98 Å². The van der Waals surface area contributed by atoms with Crippen molar-refractivity contribution in [3.05, 3.63) is 157 Å². The van der Waals surface area contributed by atoms with Crippen LogP contribution in [0.25, 0.3) is 77.8 Å². The van der Waals surface area contributed by atoms with Gasteiger partial charge in [-0.25, -0.2) is 4.98 Å². The summed E-state index contributed by atoms with van der Waals surface area (Å²) in [5.41, 5.74) is 15.5. The van der Waals surface area contributed by atoms with Gasteiger partial charge in [-0.2, -0.15) is 0 Å². The normalized spacial score (nSPS) is 12.1. The Kier molecular flexibility index (Phi) is 7.95. The van der Waals surface area contributed by atoms with E-state index < -0.39 is 0 Å². The van der Waals surface area contributed by atoms with Crippen LogP contribution in [-0.4, -0.2) is 15.0 Å². The molecule has 0 amide bonds. The van der Waals surface area contributed by atoms with Gasteiger partial charge in [-0.15, -0.1) is 0 Å². The van der Waals surface area contributed by atoms with Gasteiger partial charge in [0.1, 0.15) is 0 Å². The van der Waals surface area contributed by atoms with Crippen LogP contribution in [-0.2, 0) is 10.8 Å². The molecule has 0 bridgehead atoms. The van der Waals surface area contributed by atoms with Gasteiger partial charge in [0.05, 0.1) is 28.1 Å². The number of hydrogen-bond acceptors (Lipinski definition) is 2. The predicted octanol–water partition coefficient (Wildman–Crippen LogP) is 13.0. The maximum atomic E-state index is 5.34. The average molecular weight is 662 g/mol. The zero-order chi connectivity index (χ0) is 35.3. The molecular weight excluding hydrogens is 619 g/mol. The molecule has 3 heteroatoms. The molecule has 0 aliphatic carbocycles. The molecule has 8 rings (SSSR count). The molecule has 250 valence electrons. The molecule has 5 aromatic carbocycles. The van der Waals surface area contributed by atoms with Gasteiger partial charge in [-0.05, 0) is 98.8 Å². The summed E-state index contributed by atoms with van der Waals surface area (Å²) < 4.78 is 0. The fourth-order valence-corrected chi connectivity index (χ4v) is 7.00. The Morgan fingerprint density at radius 3 is 1.49 bits per heavy atom. The van der Waals surface area contributed by atoms with Gasteiger partial charge in [-0.1, -0.05) is 126 Å². The van der Waals surface area contributed by atoms with Crippen molar-refractivity contribution in [3.8, 4) is 56.0 Å². The lowest BCUT2D eigenvalue weighted by Gasteiger charge is -2.21. The van der Waals surface area contributed by atoms with E-state index in [-0.39, 0.29) is 10.8 Å². The second kappa shape index (κ2) is 12.5. The van der Waals surface area contributed by atoms with Gasteiger partial charge in [0, 0.05) is 33.7 Å². The maximum Gasteiger partial charge on any atom is 0.0730 e. The summed E-state index contributed by atoms with van der Waals surface area (Å²) in [4.78, 5) is 14.2. The van der Waals surface area contributed by atoms with Crippen molar-refractivity contribution in [2.45, 2.75) is 52.4 Å². The van der Waals surface area contributed by atoms with Crippen LogP contribution in [0.3, 0.4) is 0 Å². The van der Waals surface area contributed by atoms with Gasteiger partial charge >= 0.3 is 0 Å². The van der Waals surface area contributed by atoms with Crippen LogP contribution in [0.2, 0.25) is 0 Å². The fraction of sp³-hybridized carbons (Fsp3) is 0.167. The summed E-state index contributed by atoms with van der Waals surface area (Å²) in [7, 11) is 0. The van der Waals surface area contributed by atoms with Crippen LogP contribution < -0.4 is 0 Å². The van der Waals surface area contributed by atoms with Crippen molar-refractivity contribution in [1.29, 1.82) is 0 Å². The standard InChI is InChI=1S/C48H43N3/c1-47(2,3)36-27-38-39-28-37(48(4,5)6)30-41(44-26-34(23-24-49-44)32-17-11-8-12-18-32)46(39)51-45(38)40(29-36)43-22-14-21-42(50-43)35-20-13-19-33(25-35)31-15-9-7-10-16-31/h7-30,51H,1-6H3. The van der Waals surface area contributed by atoms with Gasteiger partial charge in [0.25, 0.3) is 0 Å². The van der Waals surface area contributed by atoms with Crippen molar-refractivity contribution in [2.75, 3.05) is 0 Å². The lowest BCUT2D eigenvalue weighted by molar-refractivity contribution is 0.590. The molecule has 0 saturated carbocycles. The van der Waals surface area contributed by atoms with E-state index in [0.29, 0.717) is 0 Å². The van der Waals surface area contributed by atoms with E-state index in [4.69, 9.17) is 9.97 Å². The molecule has 0 aliphatic heterocycles. The first-order valence-electron chi connectivity index (χ1n) is 17.8. The summed E-state index contributed by atoms with van der Waals surface area (Å²) in [6.45, 7) is 13.7. The highest BCUT2D eigenvalue weighted by atomic mass is 14.8. The third-order valence-electron chi connectivity index (χ3n) is 9.98. The fourth-order valence-electron chi connectivity index (χ4n) is 7.00. The van der Waals surface area contributed by atoms with E-state index >= 15 is 0 Å². The van der Waals surface area contributed by atoms with Crippen LogP contribution >= 0.6 is 0 Å². The lowest BCUT2D eigenvalue weighted by atomic mass is 9.83. The SMILES string of the molecule is CC(C)(C)c1cc(-c2cc(-c3ccccc3)ccn2)c2[nH]c3c(-c4cccc(-c5cccc(-c6ccccc6)c5)n4)cc(C(C)(C)C)cc3c2c1. The van der Waals surface area contributed by atoms with E-state index in [9.17, 15) is 0 Å².